The van der Waals surface area contributed by atoms with Gasteiger partial charge in [0.2, 0.25) is 0 Å². The fraction of sp³-hybridized carbons (Fsp3) is 0.963. The van der Waals surface area contributed by atoms with Crippen molar-refractivity contribution in [1.29, 1.82) is 0 Å². The van der Waals surface area contributed by atoms with Crippen molar-refractivity contribution in [2.24, 2.45) is 44.8 Å². The van der Waals surface area contributed by atoms with E-state index in [-0.39, 0.29) is 28.2 Å². The van der Waals surface area contributed by atoms with E-state index in [4.69, 9.17) is 0 Å². The molecule has 176 valence electrons. The molecule has 5 aliphatic rings. The number of aliphatic hydroxyl groups is 1. The Morgan fingerprint density at radius 2 is 1.68 bits per heavy atom. The standard InChI is InChI=1S/C27H46N2O2/c1-17(28-5)22-18(31)14-25(4)20-9-8-19-23(2,16-30)21(29(6)7)10-11-26(19)15-27(20,26)13-12-24(22,25)3/h17,19-22,28,30H,8-16H2,1-7H3/t17-,19+,20-,21-,22+,23+,24-,25-,26+,27-/m1/s1. The highest BCUT2D eigenvalue weighted by Crippen LogP contribution is 2.88. The summed E-state index contributed by atoms with van der Waals surface area (Å²) in [7, 11) is 6.41. The maximum atomic E-state index is 13.4. The fourth-order valence-corrected chi connectivity index (χ4v) is 11.1. The number of ketones is 1. The van der Waals surface area contributed by atoms with Crippen LogP contribution in [0.4, 0.5) is 0 Å². The second-order valence-corrected chi connectivity index (χ2v) is 13.4. The summed E-state index contributed by atoms with van der Waals surface area (Å²) in [6.07, 6.45) is 9.66. The van der Waals surface area contributed by atoms with E-state index in [9.17, 15) is 9.90 Å². The summed E-state index contributed by atoms with van der Waals surface area (Å²) in [5, 5.41) is 14.1. The van der Waals surface area contributed by atoms with Crippen LogP contribution in [0.15, 0.2) is 0 Å². The van der Waals surface area contributed by atoms with Crippen LogP contribution < -0.4 is 5.32 Å². The number of hydrogen-bond acceptors (Lipinski definition) is 4. The fourth-order valence-electron chi connectivity index (χ4n) is 11.1. The zero-order valence-electron chi connectivity index (χ0n) is 21.1. The molecule has 5 fully saturated rings. The van der Waals surface area contributed by atoms with E-state index in [0.29, 0.717) is 41.1 Å². The monoisotopic (exact) mass is 430 g/mol. The molecule has 0 unspecified atom stereocenters. The molecule has 0 amide bonds. The first kappa shape index (κ1) is 22.3. The normalized spacial score (nSPS) is 56.5. The topological polar surface area (TPSA) is 52.6 Å². The summed E-state index contributed by atoms with van der Waals surface area (Å²) in [5.74, 6) is 1.96. The number of hydrogen-bond donors (Lipinski definition) is 2. The molecule has 0 aliphatic heterocycles. The number of nitrogens with one attached hydrogen (secondary N) is 1. The van der Waals surface area contributed by atoms with Gasteiger partial charge in [0.15, 0.2) is 0 Å². The molecule has 0 aromatic rings. The van der Waals surface area contributed by atoms with Gasteiger partial charge in [-0.05, 0) is 107 Å². The number of carbonyl (C=O) groups excluding carboxylic acids is 1. The van der Waals surface area contributed by atoms with Gasteiger partial charge in [-0.15, -0.1) is 0 Å². The Balaban J connectivity index is 1.53. The first-order chi connectivity index (χ1) is 14.5. The lowest BCUT2D eigenvalue weighted by molar-refractivity contribution is -0.160. The highest BCUT2D eigenvalue weighted by Gasteiger charge is 2.83. The maximum absolute atomic E-state index is 13.4. The zero-order chi connectivity index (χ0) is 22.6. The van der Waals surface area contributed by atoms with Gasteiger partial charge in [0, 0.05) is 29.8 Å². The van der Waals surface area contributed by atoms with Crippen LogP contribution in [0.3, 0.4) is 0 Å². The third kappa shape index (κ3) is 2.36. The van der Waals surface area contributed by atoms with Crippen molar-refractivity contribution in [1.82, 2.24) is 10.2 Å². The predicted octanol–water partition coefficient (Wildman–Crippen LogP) is 4.12. The Morgan fingerprint density at radius 1 is 1.03 bits per heavy atom. The quantitative estimate of drug-likeness (QED) is 0.705. The van der Waals surface area contributed by atoms with Crippen molar-refractivity contribution in [2.45, 2.75) is 91.1 Å². The molecule has 4 nitrogen and oxygen atoms in total. The summed E-state index contributed by atoms with van der Waals surface area (Å²) in [6.45, 7) is 9.87. The van der Waals surface area contributed by atoms with E-state index in [0.717, 1.165) is 6.42 Å². The van der Waals surface area contributed by atoms with Gasteiger partial charge in [-0.2, -0.15) is 0 Å². The van der Waals surface area contributed by atoms with E-state index in [1.807, 2.05) is 7.05 Å². The molecule has 0 bridgehead atoms. The van der Waals surface area contributed by atoms with Crippen molar-refractivity contribution in [3.05, 3.63) is 0 Å². The van der Waals surface area contributed by atoms with Gasteiger partial charge in [-0.3, -0.25) is 4.79 Å². The lowest BCUT2D eigenvalue weighted by atomic mass is 9.41. The van der Waals surface area contributed by atoms with E-state index < -0.39 is 0 Å². The van der Waals surface area contributed by atoms with Crippen LogP contribution >= 0.6 is 0 Å². The summed E-state index contributed by atoms with van der Waals surface area (Å²) in [5.41, 5.74) is 1.07. The van der Waals surface area contributed by atoms with Crippen LogP contribution in [0.1, 0.15) is 79.1 Å². The van der Waals surface area contributed by atoms with E-state index in [1.165, 1.54) is 44.9 Å². The molecule has 4 heteroatoms. The zero-order valence-corrected chi connectivity index (χ0v) is 21.1. The molecule has 5 aliphatic carbocycles. The molecular weight excluding hydrogens is 384 g/mol. The summed E-state index contributed by atoms with van der Waals surface area (Å²) in [4.78, 5) is 15.8. The molecule has 0 saturated heterocycles. The van der Waals surface area contributed by atoms with Crippen molar-refractivity contribution in [3.8, 4) is 0 Å². The highest BCUT2D eigenvalue weighted by atomic mass is 16.3. The van der Waals surface area contributed by atoms with Gasteiger partial charge >= 0.3 is 0 Å². The molecule has 0 aromatic carbocycles. The lowest BCUT2D eigenvalue weighted by Gasteiger charge is -2.64. The Kier molecular flexibility index (Phi) is 4.74. The van der Waals surface area contributed by atoms with Crippen LogP contribution in [-0.2, 0) is 4.79 Å². The van der Waals surface area contributed by atoms with Crippen molar-refractivity contribution in [2.75, 3.05) is 27.7 Å². The first-order valence-corrected chi connectivity index (χ1v) is 12.9. The average molecular weight is 431 g/mol. The minimum absolute atomic E-state index is 0.00739. The van der Waals surface area contributed by atoms with Gasteiger partial charge in [-0.25, -0.2) is 0 Å². The highest BCUT2D eigenvalue weighted by molar-refractivity contribution is 5.86. The Labute approximate surface area is 189 Å². The Hall–Kier alpha value is -0.450. The van der Waals surface area contributed by atoms with Gasteiger partial charge in [0.25, 0.3) is 0 Å². The van der Waals surface area contributed by atoms with E-state index in [2.05, 4.69) is 52.0 Å². The lowest BCUT2D eigenvalue weighted by Crippen LogP contribution is -2.61. The molecule has 0 heterocycles. The second-order valence-electron chi connectivity index (χ2n) is 13.4. The molecule has 10 atom stereocenters. The molecule has 2 spiro atoms. The van der Waals surface area contributed by atoms with Gasteiger partial charge in [0.05, 0.1) is 6.61 Å². The van der Waals surface area contributed by atoms with Crippen molar-refractivity contribution < 1.29 is 9.90 Å². The van der Waals surface area contributed by atoms with Gasteiger partial charge < -0.3 is 15.3 Å². The Morgan fingerprint density at radius 3 is 2.29 bits per heavy atom. The largest absolute Gasteiger partial charge is 0.396 e. The predicted molar refractivity (Wildman–Crippen MR) is 125 cm³/mol. The third-order valence-corrected chi connectivity index (χ3v) is 12.7. The molecule has 5 rings (SSSR count). The Bertz CT molecular complexity index is 783. The van der Waals surface area contributed by atoms with Crippen LogP contribution in [0, 0.1) is 44.8 Å². The summed E-state index contributed by atoms with van der Waals surface area (Å²) < 4.78 is 0. The van der Waals surface area contributed by atoms with Crippen molar-refractivity contribution >= 4 is 5.78 Å². The summed E-state index contributed by atoms with van der Waals surface area (Å²) in [6, 6.07) is 0.728. The second kappa shape index (κ2) is 6.57. The SMILES string of the molecule is CN[C@H](C)[C@H]1C(=O)C[C@]2(C)[C@H]3CC[C@H]4[C@](C)(CO)[C@H](N(C)C)CC[C@]45C[C@]35CC[C@]12C. The molecule has 0 aromatic heterocycles. The van der Waals surface area contributed by atoms with Crippen molar-refractivity contribution in [3.63, 3.8) is 0 Å². The number of rotatable bonds is 4. The van der Waals surface area contributed by atoms with Gasteiger partial charge in [-0.1, -0.05) is 20.8 Å². The molecule has 5 saturated carbocycles. The van der Waals surface area contributed by atoms with E-state index in [1.54, 1.807) is 0 Å². The minimum atomic E-state index is -0.00739. The minimum Gasteiger partial charge on any atom is -0.396 e. The van der Waals surface area contributed by atoms with Gasteiger partial charge in [0.1, 0.15) is 5.78 Å². The summed E-state index contributed by atoms with van der Waals surface area (Å²) >= 11 is 0. The van der Waals surface area contributed by atoms with E-state index >= 15 is 0 Å². The van der Waals surface area contributed by atoms with Crippen LogP contribution in [-0.4, -0.2) is 55.6 Å². The average Bonchev–Trinajstić information content (AvgIpc) is 3.32. The number of fused-ring (bicyclic) bond motifs is 2. The maximum Gasteiger partial charge on any atom is 0.138 e. The first-order valence-electron chi connectivity index (χ1n) is 12.9. The van der Waals surface area contributed by atoms with Crippen LogP contribution in [0.5, 0.6) is 0 Å². The number of Topliss-reactive ketones (excluding diaryl/α,β-unsaturated/α-hetero) is 1. The molecule has 2 N–H and O–H groups in total. The molecule has 31 heavy (non-hydrogen) atoms. The molecule has 0 radical (unpaired) electrons. The van der Waals surface area contributed by atoms with Crippen LogP contribution in [0.25, 0.3) is 0 Å². The molecular formula is C27H46N2O2. The smallest absolute Gasteiger partial charge is 0.138 e. The van der Waals surface area contributed by atoms with Crippen LogP contribution in [0.2, 0.25) is 0 Å². The number of nitrogens with zero attached hydrogens (tertiary/aromatic N) is 1. The number of carbonyl (C=O) groups is 1. The third-order valence-electron chi connectivity index (χ3n) is 12.7. The number of aliphatic hydroxyl groups excluding tert-OH is 1.